The van der Waals surface area contributed by atoms with Gasteiger partial charge in [-0.15, -0.1) is 0 Å². The Balaban J connectivity index is 2.23. The van der Waals surface area contributed by atoms with Gasteiger partial charge in [-0.2, -0.15) is 0 Å². The zero-order valence-electron chi connectivity index (χ0n) is 13.1. The molecule has 2 rings (SSSR count). The molecule has 112 valence electrons. The molecule has 0 aliphatic heterocycles. The molecule has 2 aromatic rings. The summed E-state index contributed by atoms with van der Waals surface area (Å²) in [6, 6.07) is 14.5. The maximum absolute atomic E-state index is 12.6. The molecule has 1 N–H and O–H groups in total. The Morgan fingerprint density at radius 3 is 2.43 bits per heavy atom. The van der Waals surface area contributed by atoms with Crippen LogP contribution in [-0.2, 0) is 10.8 Å². The Labute approximate surface area is 130 Å². The summed E-state index contributed by atoms with van der Waals surface area (Å²) in [6.45, 7) is 6.23. The van der Waals surface area contributed by atoms with Crippen molar-refractivity contribution in [1.29, 1.82) is 0 Å². The summed E-state index contributed by atoms with van der Waals surface area (Å²) in [5.74, 6) is 0.588. The fraction of sp³-hybridized carbons (Fsp3) is 0.333. The van der Waals surface area contributed by atoms with Gasteiger partial charge >= 0.3 is 0 Å². The summed E-state index contributed by atoms with van der Waals surface area (Å²) < 4.78 is 12.6. The van der Waals surface area contributed by atoms with E-state index in [1.54, 1.807) is 0 Å². The second-order valence-electron chi connectivity index (χ2n) is 5.53. The van der Waals surface area contributed by atoms with Gasteiger partial charge in [0.25, 0.3) is 0 Å². The van der Waals surface area contributed by atoms with E-state index in [4.69, 9.17) is 0 Å². The van der Waals surface area contributed by atoms with Crippen LogP contribution in [-0.4, -0.2) is 17.0 Å². The normalized spacial score (nSPS) is 13.9. The Bertz CT molecular complexity index is 651. The first-order valence-corrected chi connectivity index (χ1v) is 8.52. The number of nitrogens with one attached hydrogen (secondary N) is 1. The van der Waals surface area contributed by atoms with Gasteiger partial charge in [-0.1, -0.05) is 35.9 Å². The van der Waals surface area contributed by atoms with E-state index in [1.165, 1.54) is 16.7 Å². The predicted octanol–water partition coefficient (Wildman–Crippen LogP) is 3.68. The highest BCUT2D eigenvalue weighted by molar-refractivity contribution is 7.85. The smallest absolute Gasteiger partial charge is 0.0548 e. The molecule has 2 unspecified atom stereocenters. The molecule has 0 saturated heterocycles. The standard InChI is InChI=1S/C18H23NOS/c1-13-6-5-7-16(10-13)21(20)12-18(19-4)17-11-14(2)8-9-15(17)3/h5-11,18-19H,12H2,1-4H3. The minimum Gasteiger partial charge on any atom is -0.312 e. The lowest BCUT2D eigenvalue weighted by molar-refractivity contribution is 0.633. The van der Waals surface area contributed by atoms with Crippen molar-refractivity contribution in [1.82, 2.24) is 5.32 Å². The molecular weight excluding hydrogens is 278 g/mol. The van der Waals surface area contributed by atoms with E-state index in [1.807, 2.05) is 38.2 Å². The van der Waals surface area contributed by atoms with Gasteiger partial charge in [-0.05, 0) is 56.6 Å². The minimum atomic E-state index is -1.00. The Morgan fingerprint density at radius 2 is 1.76 bits per heavy atom. The molecule has 0 spiro atoms. The van der Waals surface area contributed by atoms with Crippen molar-refractivity contribution < 1.29 is 4.21 Å². The van der Waals surface area contributed by atoms with Crippen LogP contribution in [0.4, 0.5) is 0 Å². The van der Waals surface area contributed by atoms with Crippen LogP contribution in [0.15, 0.2) is 47.4 Å². The number of benzene rings is 2. The zero-order chi connectivity index (χ0) is 15.4. The van der Waals surface area contributed by atoms with Crippen LogP contribution in [0.5, 0.6) is 0 Å². The number of hydrogen-bond donors (Lipinski definition) is 1. The maximum Gasteiger partial charge on any atom is 0.0548 e. The van der Waals surface area contributed by atoms with E-state index in [-0.39, 0.29) is 6.04 Å². The first kappa shape index (κ1) is 15.9. The van der Waals surface area contributed by atoms with Gasteiger partial charge in [0, 0.05) is 16.7 Å². The molecule has 0 amide bonds. The fourth-order valence-corrected chi connectivity index (χ4v) is 3.86. The van der Waals surface area contributed by atoms with Gasteiger partial charge in [-0.3, -0.25) is 4.21 Å². The molecule has 0 fully saturated rings. The van der Waals surface area contributed by atoms with Crippen LogP contribution in [0.2, 0.25) is 0 Å². The lowest BCUT2D eigenvalue weighted by atomic mass is 10.0. The third-order valence-corrected chi connectivity index (χ3v) is 5.14. The Kier molecular flexibility index (Phi) is 5.32. The summed E-state index contributed by atoms with van der Waals surface area (Å²) in [7, 11) is 0.929. The van der Waals surface area contributed by atoms with E-state index in [9.17, 15) is 4.21 Å². The SMILES string of the molecule is CNC(CS(=O)c1cccc(C)c1)c1cc(C)ccc1C. The highest BCUT2D eigenvalue weighted by Gasteiger charge is 2.16. The van der Waals surface area contributed by atoms with Crippen molar-refractivity contribution in [3.8, 4) is 0 Å². The molecule has 0 heterocycles. The van der Waals surface area contributed by atoms with Gasteiger partial charge in [-0.25, -0.2) is 0 Å². The van der Waals surface area contributed by atoms with E-state index >= 15 is 0 Å². The molecule has 2 aromatic carbocycles. The lowest BCUT2D eigenvalue weighted by Gasteiger charge is -2.19. The predicted molar refractivity (Wildman–Crippen MR) is 90.2 cm³/mol. The molecule has 2 nitrogen and oxygen atoms in total. The van der Waals surface area contributed by atoms with E-state index in [0.717, 1.165) is 10.5 Å². The van der Waals surface area contributed by atoms with E-state index < -0.39 is 10.8 Å². The molecule has 0 aromatic heterocycles. The van der Waals surface area contributed by atoms with E-state index in [2.05, 4.69) is 37.4 Å². The third kappa shape index (κ3) is 4.02. The van der Waals surface area contributed by atoms with Crippen LogP contribution >= 0.6 is 0 Å². The van der Waals surface area contributed by atoms with Crippen LogP contribution in [0.1, 0.15) is 28.3 Å². The molecule has 0 saturated carbocycles. The topological polar surface area (TPSA) is 29.1 Å². The molecule has 0 bridgehead atoms. The fourth-order valence-electron chi connectivity index (χ4n) is 2.47. The minimum absolute atomic E-state index is 0.103. The third-order valence-electron chi connectivity index (χ3n) is 3.73. The van der Waals surface area contributed by atoms with Crippen LogP contribution in [0.3, 0.4) is 0 Å². The molecule has 21 heavy (non-hydrogen) atoms. The second kappa shape index (κ2) is 7.01. The summed E-state index contributed by atoms with van der Waals surface area (Å²) >= 11 is 0. The molecule has 0 aliphatic carbocycles. The zero-order valence-corrected chi connectivity index (χ0v) is 14.0. The molecule has 3 heteroatoms. The quantitative estimate of drug-likeness (QED) is 0.913. The molecule has 2 atom stereocenters. The van der Waals surface area contributed by atoms with E-state index in [0.29, 0.717) is 5.75 Å². The molecule has 0 radical (unpaired) electrons. The summed E-state index contributed by atoms with van der Waals surface area (Å²) in [6.07, 6.45) is 0. The Hall–Kier alpha value is -1.45. The first-order chi connectivity index (χ1) is 10.0. The van der Waals surface area contributed by atoms with Crippen molar-refractivity contribution in [2.75, 3.05) is 12.8 Å². The van der Waals surface area contributed by atoms with Crippen molar-refractivity contribution in [3.05, 3.63) is 64.7 Å². The van der Waals surface area contributed by atoms with Crippen molar-refractivity contribution in [3.63, 3.8) is 0 Å². The average molecular weight is 301 g/mol. The second-order valence-corrected chi connectivity index (χ2v) is 7.03. The highest BCUT2D eigenvalue weighted by Crippen LogP contribution is 2.22. The van der Waals surface area contributed by atoms with Crippen molar-refractivity contribution in [2.24, 2.45) is 0 Å². The van der Waals surface area contributed by atoms with Gasteiger partial charge in [0.2, 0.25) is 0 Å². The molecule has 0 aliphatic rings. The van der Waals surface area contributed by atoms with Gasteiger partial charge in [0.05, 0.1) is 10.8 Å². The van der Waals surface area contributed by atoms with Crippen LogP contribution < -0.4 is 5.32 Å². The maximum atomic E-state index is 12.6. The largest absolute Gasteiger partial charge is 0.312 e. The van der Waals surface area contributed by atoms with Crippen LogP contribution in [0.25, 0.3) is 0 Å². The summed E-state index contributed by atoms with van der Waals surface area (Å²) in [5.41, 5.74) is 4.85. The summed E-state index contributed by atoms with van der Waals surface area (Å²) in [5, 5.41) is 3.31. The van der Waals surface area contributed by atoms with Gasteiger partial charge in [0.1, 0.15) is 0 Å². The first-order valence-electron chi connectivity index (χ1n) is 7.20. The van der Waals surface area contributed by atoms with Crippen molar-refractivity contribution in [2.45, 2.75) is 31.7 Å². The van der Waals surface area contributed by atoms with Gasteiger partial charge < -0.3 is 5.32 Å². The number of hydrogen-bond acceptors (Lipinski definition) is 2. The molecular formula is C18H23NOS. The van der Waals surface area contributed by atoms with Gasteiger partial charge in [0.15, 0.2) is 0 Å². The van der Waals surface area contributed by atoms with Crippen molar-refractivity contribution >= 4 is 10.8 Å². The average Bonchev–Trinajstić information content (AvgIpc) is 2.47. The van der Waals surface area contributed by atoms with Crippen LogP contribution in [0, 0.1) is 20.8 Å². The number of rotatable bonds is 5. The highest BCUT2D eigenvalue weighted by atomic mass is 32.2. The Morgan fingerprint density at radius 1 is 1.05 bits per heavy atom. The number of aryl methyl sites for hydroxylation is 3. The monoisotopic (exact) mass is 301 g/mol. The lowest BCUT2D eigenvalue weighted by Crippen LogP contribution is -2.23. The summed E-state index contributed by atoms with van der Waals surface area (Å²) in [4.78, 5) is 0.903.